The van der Waals surface area contributed by atoms with Gasteiger partial charge in [-0.15, -0.1) is 0 Å². The third kappa shape index (κ3) is 3.28. The second-order valence-electron chi connectivity index (χ2n) is 3.99. The molecule has 0 amide bonds. The molecule has 0 saturated heterocycles. The Bertz CT molecular complexity index is 406. The molecule has 3 nitrogen and oxygen atoms in total. The van der Waals surface area contributed by atoms with Gasteiger partial charge in [0.05, 0.1) is 6.26 Å². The van der Waals surface area contributed by atoms with Crippen molar-refractivity contribution in [3.05, 3.63) is 48.7 Å². The zero-order chi connectivity index (χ0) is 12.1. The smallest absolute Gasteiger partial charge is 0.132 e. The zero-order valence-corrected chi connectivity index (χ0v) is 9.63. The van der Waals surface area contributed by atoms with Gasteiger partial charge in [0.15, 0.2) is 0 Å². The first-order valence-electron chi connectivity index (χ1n) is 5.67. The van der Waals surface area contributed by atoms with Gasteiger partial charge in [-0.05, 0) is 43.2 Å². The standard InChI is InChI=1S/C14H16O3/c1-11(15)12-5-7-13(8-6-12)17-10-14-4-2-3-9-16-14/h3,5-9,14-15H,1-2,4,10H2. The summed E-state index contributed by atoms with van der Waals surface area (Å²) in [5.41, 5.74) is 0.703. The maximum absolute atomic E-state index is 9.19. The Hall–Kier alpha value is -1.90. The van der Waals surface area contributed by atoms with Crippen molar-refractivity contribution in [3.8, 4) is 5.75 Å². The molecule has 0 bridgehead atoms. The first-order valence-corrected chi connectivity index (χ1v) is 5.67. The van der Waals surface area contributed by atoms with Crippen LogP contribution in [0.5, 0.6) is 5.75 Å². The molecule has 1 heterocycles. The summed E-state index contributed by atoms with van der Waals surface area (Å²) in [6.45, 7) is 4.01. The van der Waals surface area contributed by atoms with E-state index in [0.717, 1.165) is 18.6 Å². The molecule has 0 aliphatic carbocycles. The monoisotopic (exact) mass is 232 g/mol. The summed E-state index contributed by atoms with van der Waals surface area (Å²) in [6.07, 6.45) is 5.90. The highest BCUT2D eigenvalue weighted by atomic mass is 16.5. The van der Waals surface area contributed by atoms with Crippen LogP contribution in [0.15, 0.2) is 43.2 Å². The minimum atomic E-state index is 0.0669. The van der Waals surface area contributed by atoms with E-state index in [4.69, 9.17) is 9.47 Å². The van der Waals surface area contributed by atoms with Crippen molar-refractivity contribution in [3.63, 3.8) is 0 Å². The van der Waals surface area contributed by atoms with E-state index >= 15 is 0 Å². The number of hydrogen-bond donors (Lipinski definition) is 1. The van der Waals surface area contributed by atoms with Crippen molar-refractivity contribution >= 4 is 5.76 Å². The first kappa shape index (κ1) is 11.6. The zero-order valence-electron chi connectivity index (χ0n) is 9.63. The quantitative estimate of drug-likeness (QED) is 0.809. The van der Waals surface area contributed by atoms with Crippen LogP contribution in [0.1, 0.15) is 18.4 Å². The van der Waals surface area contributed by atoms with E-state index in [9.17, 15) is 5.11 Å². The molecule has 1 aliphatic rings. The normalized spacial score (nSPS) is 18.5. The van der Waals surface area contributed by atoms with E-state index in [-0.39, 0.29) is 11.9 Å². The second kappa shape index (κ2) is 5.43. The molecule has 1 atom stereocenters. The molecule has 0 fully saturated rings. The van der Waals surface area contributed by atoms with Gasteiger partial charge in [0.25, 0.3) is 0 Å². The topological polar surface area (TPSA) is 38.7 Å². The summed E-state index contributed by atoms with van der Waals surface area (Å²) < 4.78 is 11.0. The van der Waals surface area contributed by atoms with Gasteiger partial charge >= 0.3 is 0 Å². The van der Waals surface area contributed by atoms with Gasteiger partial charge in [-0.25, -0.2) is 0 Å². The SMILES string of the molecule is C=C(O)c1ccc(OCC2CCC=CO2)cc1. The lowest BCUT2D eigenvalue weighted by molar-refractivity contribution is 0.0732. The molecule has 0 saturated carbocycles. The predicted octanol–water partition coefficient (Wildman–Crippen LogP) is 3.29. The lowest BCUT2D eigenvalue weighted by Crippen LogP contribution is -2.21. The average molecular weight is 232 g/mol. The number of aliphatic hydroxyl groups excluding tert-OH is 1. The van der Waals surface area contributed by atoms with Crippen molar-refractivity contribution in [1.82, 2.24) is 0 Å². The Morgan fingerprint density at radius 1 is 1.41 bits per heavy atom. The number of ether oxygens (including phenoxy) is 2. The predicted molar refractivity (Wildman–Crippen MR) is 66.8 cm³/mol. The summed E-state index contributed by atoms with van der Waals surface area (Å²) >= 11 is 0. The van der Waals surface area contributed by atoms with Crippen molar-refractivity contribution in [2.24, 2.45) is 0 Å². The van der Waals surface area contributed by atoms with Crippen molar-refractivity contribution < 1.29 is 14.6 Å². The molecular formula is C14H16O3. The lowest BCUT2D eigenvalue weighted by Gasteiger charge is -2.19. The van der Waals surface area contributed by atoms with Gasteiger partial charge in [-0.3, -0.25) is 0 Å². The van der Waals surface area contributed by atoms with E-state index < -0.39 is 0 Å². The van der Waals surface area contributed by atoms with Crippen molar-refractivity contribution in [2.75, 3.05) is 6.61 Å². The highest BCUT2D eigenvalue weighted by Crippen LogP contribution is 2.17. The molecule has 1 N–H and O–H groups in total. The van der Waals surface area contributed by atoms with E-state index in [2.05, 4.69) is 6.58 Å². The molecule has 1 aromatic rings. The summed E-state index contributed by atoms with van der Waals surface area (Å²) in [5.74, 6) is 0.838. The van der Waals surface area contributed by atoms with Gasteiger partial charge in [-0.2, -0.15) is 0 Å². The fourth-order valence-electron chi connectivity index (χ4n) is 1.64. The van der Waals surface area contributed by atoms with Crippen LogP contribution in [0.2, 0.25) is 0 Å². The number of aliphatic hydroxyl groups is 1. The van der Waals surface area contributed by atoms with Crippen LogP contribution in [0, 0.1) is 0 Å². The highest BCUT2D eigenvalue weighted by molar-refractivity contribution is 5.56. The third-order valence-corrected chi connectivity index (χ3v) is 2.65. The number of hydrogen-bond acceptors (Lipinski definition) is 3. The minimum Gasteiger partial charge on any atom is -0.508 e. The Balaban J connectivity index is 1.86. The fourth-order valence-corrected chi connectivity index (χ4v) is 1.64. The highest BCUT2D eigenvalue weighted by Gasteiger charge is 2.11. The second-order valence-corrected chi connectivity index (χ2v) is 3.99. The van der Waals surface area contributed by atoms with Crippen LogP contribution in [-0.2, 0) is 4.74 Å². The molecule has 17 heavy (non-hydrogen) atoms. The van der Waals surface area contributed by atoms with Gasteiger partial charge in [0.1, 0.15) is 24.2 Å². The first-order chi connectivity index (χ1) is 8.25. The minimum absolute atomic E-state index is 0.0669. The molecule has 2 rings (SSSR count). The number of rotatable bonds is 4. The Kier molecular flexibility index (Phi) is 3.70. The summed E-state index contributed by atoms with van der Waals surface area (Å²) in [5, 5.41) is 9.19. The number of allylic oxidation sites excluding steroid dienone is 1. The Morgan fingerprint density at radius 2 is 2.18 bits per heavy atom. The van der Waals surface area contributed by atoms with Crippen LogP contribution in [0.4, 0.5) is 0 Å². The van der Waals surface area contributed by atoms with Crippen LogP contribution >= 0.6 is 0 Å². The largest absolute Gasteiger partial charge is 0.508 e. The van der Waals surface area contributed by atoms with E-state index in [1.807, 2.05) is 18.2 Å². The molecule has 1 unspecified atom stereocenters. The Morgan fingerprint density at radius 3 is 2.76 bits per heavy atom. The summed E-state index contributed by atoms with van der Waals surface area (Å²) in [7, 11) is 0. The maximum atomic E-state index is 9.19. The van der Waals surface area contributed by atoms with Crippen LogP contribution < -0.4 is 4.74 Å². The molecule has 0 radical (unpaired) electrons. The third-order valence-electron chi connectivity index (χ3n) is 2.65. The molecule has 1 aliphatic heterocycles. The van der Waals surface area contributed by atoms with Crippen molar-refractivity contribution in [1.29, 1.82) is 0 Å². The molecule has 0 spiro atoms. The van der Waals surface area contributed by atoms with Crippen molar-refractivity contribution in [2.45, 2.75) is 18.9 Å². The molecule has 1 aromatic carbocycles. The van der Waals surface area contributed by atoms with Gasteiger partial charge < -0.3 is 14.6 Å². The van der Waals surface area contributed by atoms with Crippen LogP contribution in [0.3, 0.4) is 0 Å². The van der Waals surface area contributed by atoms with Gasteiger partial charge in [-0.1, -0.05) is 6.58 Å². The summed E-state index contributed by atoms with van der Waals surface area (Å²) in [6, 6.07) is 7.18. The van der Waals surface area contributed by atoms with E-state index in [0.29, 0.717) is 12.2 Å². The summed E-state index contributed by atoms with van der Waals surface area (Å²) in [4.78, 5) is 0. The van der Waals surface area contributed by atoms with E-state index in [1.54, 1.807) is 18.4 Å². The molecule has 0 aromatic heterocycles. The number of benzene rings is 1. The fraction of sp³-hybridized carbons (Fsp3) is 0.286. The molecule has 90 valence electrons. The van der Waals surface area contributed by atoms with Crippen LogP contribution in [-0.4, -0.2) is 17.8 Å². The Labute approximate surface area is 101 Å². The average Bonchev–Trinajstić information content (AvgIpc) is 2.38. The van der Waals surface area contributed by atoms with Crippen LogP contribution in [0.25, 0.3) is 5.76 Å². The van der Waals surface area contributed by atoms with Gasteiger partial charge in [0, 0.05) is 5.56 Å². The van der Waals surface area contributed by atoms with Gasteiger partial charge in [0.2, 0.25) is 0 Å². The molecular weight excluding hydrogens is 216 g/mol. The molecule has 3 heteroatoms. The lowest BCUT2D eigenvalue weighted by atomic mass is 10.2. The van der Waals surface area contributed by atoms with E-state index in [1.165, 1.54) is 0 Å². The maximum Gasteiger partial charge on any atom is 0.132 e.